The molecule has 0 saturated heterocycles. The van der Waals surface area contributed by atoms with E-state index in [9.17, 15) is 5.11 Å². The first kappa shape index (κ1) is 10.0. The second-order valence-electron chi connectivity index (χ2n) is 4.80. The Kier molecular flexibility index (Phi) is 2.79. The van der Waals surface area contributed by atoms with Crippen LogP contribution >= 0.6 is 0 Å². The fourth-order valence-electron chi connectivity index (χ4n) is 2.00. The van der Waals surface area contributed by atoms with Crippen molar-refractivity contribution < 1.29 is 5.11 Å². The second-order valence-corrected chi connectivity index (χ2v) is 4.80. The van der Waals surface area contributed by atoms with E-state index in [2.05, 4.69) is 6.92 Å². The van der Waals surface area contributed by atoms with Crippen molar-refractivity contribution in [3.63, 3.8) is 0 Å². The van der Waals surface area contributed by atoms with E-state index in [-0.39, 0.29) is 6.04 Å². The van der Waals surface area contributed by atoms with Crippen LogP contribution in [0.15, 0.2) is 0 Å². The van der Waals surface area contributed by atoms with Crippen molar-refractivity contribution in [2.45, 2.75) is 51.7 Å². The highest BCUT2D eigenvalue weighted by Crippen LogP contribution is 2.34. The van der Waals surface area contributed by atoms with Gasteiger partial charge in [0.25, 0.3) is 0 Å². The maximum absolute atomic E-state index is 9.79. The standard InChI is InChI=1S/C10H21NO/c1-7-4-5-8(6-9(7)11)10(2,3)12/h7-9,12H,4-6,11H2,1-3H3/t7-,8-,9-/m1/s1. The smallest absolute Gasteiger partial charge is 0.0620 e. The maximum Gasteiger partial charge on any atom is 0.0620 e. The van der Waals surface area contributed by atoms with Gasteiger partial charge in [-0.2, -0.15) is 0 Å². The minimum atomic E-state index is -0.544. The zero-order valence-corrected chi connectivity index (χ0v) is 8.38. The van der Waals surface area contributed by atoms with Gasteiger partial charge in [0.1, 0.15) is 0 Å². The highest BCUT2D eigenvalue weighted by atomic mass is 16.3. The quantitative estimate of drug-likeness (QED) is 0.628. The normalized spacial score (nSPS) is 38.2. The maximum atomic E-state index is 9.79. The van der Waals surface area contributed by atoms with Gasteiger partial charge in [-0.3, -0.25) is 0 Å². The number of aliphatic hydroxyl groups is 1. The van der Waals surface area contributed by atoms with Crippen LogP contribution in [0.4, 0.5) is 0 Å². The Bertz CT molecular complexity index is 150. The average molecular weight is 171 g/mol. The Morgan fingerprint density at radius 3 is 2.33 bits per heavy atom. The molecule has 1 rings (SSSR count). The van der Waals surface area contributed by atoms with Crippen LogP contribution in [-0.4, -0.2) is 16.7 Å². The first-order valence-corrected chi connectivity index (χ1v) is 4.89. The molecule has 1 fully saturated rings. The summed E-state index contributed by atoms with van der Waals surface area (Å²) in [4.78, 5) is 0. The fraction of sp³-hybridized carbons (Fsp3) is 1.00. The molecule has 0 aromatic heterocycles. The van der Waals surface area contributed by atoms with Crippen molar-refractivity contribution in [2.75, 3.05) is 0 Å². The highest BCUT2D eigenvalue weighted by Gasteiger charge is 2.33. The van der Waals surface area contributed by atoms with Crippen molar-refractivity contribution in [1.82, 2.24) is 0 Å². The van der Waals surface area contributed by atoms with Gasteiger partial charge in [0.2, 0.25) is 0 Å². The van der Waals surface area contributed by atoms with Gasteiger partial charge in [0, 0.05) is 6.04 Å². The number of hydrogen-bond donors (Lipinski definition) is 2. The van der Waals surface area contributed by atoms with E-state index in [1.807, 2.05) is 13.8 Å². The van der Waals surface area contributed by atoms with E-state index < -0.39 is 5.60 Å². The molecule has 2 heteroatoms. The van der Waals surface area contributed by atoms with Gasteiger partial charge in [-0.25, -0.2) is 0 Å². The molecule has 72 valence electrons. The number of rotatable bonds is 1. The molecule has 1 aliphatic rings. The molecule has 0 unspecified atom stereocenters. The first-order chi connectivity index (χ1) is 5.41. The Labute approximate surface area is 75.2 Å². The van der Waals surface area contributed by atoms with Gasteiger partial charge in [0.05, 0.1) is 5.60 Å². The summed E-state index contributed by atoms with van der Waals surface area (Å²) < 4.78 is 0. The number of hydrogen-bond acceptors (Lipinski definition) is 2. The second kappa shape index (κ2) is 3.35. The Morgan fingerprint density at radius 1 is 1.33 bits per heavy atom. The Hall–Kier alpha value is -0.0800. The molecule has 0 aromatic rings. The minimum absolute atomic E-state index is 0.287. The van der Waals surface area contributed by atoms with E-state index in [0.717, 1.165) is 19.3 Å². The third kappa shape index (κ3) is 2.20. The van der Waals surface area contributed by atoms with Crippen LogP contribution in [0.1, 0.15) is 40.0 Å². The Morgan fingerprint density at radius 2 is 1.92 bits per heavy atom. The summed E-state index contributed by atoms with van der Waals surface area (Å²) in [5.41, 5.74) is 5.41. The molecular formula is C10H21NO. The predicted octanol–water partition coefficient (Wildman–Crippen LogP) is 1.52. The van der Waals surface area contributed by atoms with Crippen LogP contribution in [0.5, 0.6) is 0 Å². The minimum Gasteiger partial charge on any atom is -0.390 e. The van der Waals surface area contributed by atoms with Crippen molar-refractivity contribution in [3.8, 4) is 0 Å². The summed E-state index contributed by atoms with van der Waals surface area (Å²) in [5, 5.41) is 9.79. The molecule has 3 atom stereocenters. The molecule has 0 bridgehead atoms. The zero-order valence-electron chi connectivity index (χ0n) is 8.38. The molecule has 0 spiro atoms. The fourth-order valence-corrected chi connectivity index (χ4v) is 2.00. The lowest BCUT2D eigenvalue weighted by molar-refractivity contribution is -0.00905. The zero-order chi connectivity index (χ0) is 9.35. The van der Waals surface area contributed by atoms with Gasteiger partial charge >= 0.3 is 0 Å². The Balaban J connectivity index is 2.51. The van der Waals surface area contributed by atoms with Crippen LogP contribution in [-0.2, 0) is 0 Å². The lowest BCUT2D eigenvalue weighted by atomic mass is 9.73. The predicted molar refractivity (Wildman–Crippen MR) is 50.8 cm³/mol. The highest BCUT2D eigenvalue weighted by molar-refractivity contribution is 4.87. The number of nitrogens with two attached hydrogens (primary N) is 1. The first-order valence-electron chi connectivity index (χ1n) is 4.89. The van der Waals surface area contributed by atoms with Crippen LogP contribution in [0.25, 0.3) is 0 Å². The summed E-state index contributed by atoms with van der Waals surface area (Å²) >= 11 is 0. The summed E-state index contributed by atoms with van der Waals surface area (Å²) in [7, 11) is 0. The van der Waals surface area contributed by atoms with Gasteiger partial charge in [0.15, 0.2) is 0 Å². The van der Waals surface area contributed by atoms with Crippen molar-refractivity contribution in [3.05, 3.63) is 0 Å². The van der Waals surface area contributed by atoms with Gasteiger partial charge in [-0.15, -0.1) is 0 Å². The largest absolute Gasteiger partial charge is 0.390 e. The molecule has 2 nitrogen and oxygen atoms in total. The molecule has 0 aromatic carbocycles. The van der Waals surface area contributed by atoms with E-state index in [4.69, 9.17) is 5.73 Å². The van der Waals surface area contributed by atoms with Gasteiger partial charge in [-0.1, -0.05) is 6.92 Å². The summed E-state index contributed by atoms with van der Waals surface area (Å²) in [5.74, 6) is 1.02. The third-order valence-electron chi connectivity index (χ3n) is 3.26. The van der Waals surface area contributed by atoms with E-state index in [1.165, 1.54) is 0 Å². The van der Waals surface area contributed by atoms with Crippen molar-refractivity contribution >= 4 is 0 Å². The van der Waals surface area contributed by atoms with E-state index in [1.54, 1.807) is 0 Å². The topological polar surface area (TPSA) is 46.2 Å². The van der Waals surface area contributed by atoms with E-state index >= 15 is 0 Å². The van der Waals surface area contributed by atoms with Crippen molar-refractivity contribution in [2.24, 2.45) is 17.6 Å². The molecule has 1 saturated carbocycles. The molecule has 12 heavy (non-hydrogen) atoms. The summed E-state index contributed by atoms with van der Waals surface area (Å²) in [6.07, 6.45) is 3.26. The molecular weight excluding hydrogens is 150 g/mol. The molecule has 0 heterocycles. The monoisotopic (exact) mass is 171 g/mol. The lowest BCUT2D eigenvalue weighted by Gasteiger charge is -2.38. The van der Waals surface area contributed by atoms with Crippen LogP contribution < -0.4 is 5.73 Å². The third-order valence-corrected chi connectivity index (χ3v) is 3.26. The van der Waals surface area contributed by atoms with Gasteiger partial charge in [-0.05, 0) is 44.9 Å². The van der Waals surface area contributed by atoms with E-state index in [0.29, 0.717) is 11.8 Å². The van der Waals surface area contributed by atoms with Gasteiger partial charge < -0.3 is 10.8 Å². The summed E-state index contributed by atoms with van der Waals surface area (Å²) in [6, 6.07) is 0.287. The molecule has 1 aliphatic carbocycles. The average Bonchev–Trinajstić information content (AvgIpc) is 1.92. The molecule has 0 aliphatic heterocycles. The molecule has 0 amide bonds. The van der Waals surface area contributed by atoms with Crippen LogP contribution in [0.3, 0.4) is 0 Å². The van der Waals surface area contributed by atoms with Crippen LogP contribution in [0, 0.1) is 11.8 Å². The van der Waals surface area contributed by atoms with Crippen molar-refractivity contribution in [1.29, 1.82) is 0 Å². The van der Waals surface area contributed by atoms with Crippen LogP contribution in [0.2, 0.25) is 0 Å². The summed E-state index contributed by atoms with van der Waals surface area (Å²) in [6.45, 7) is 5.98. The molecule has 3 N–H and O–H groups in total. The lowest BCUT2D eigenvalue weighted by Crippen LogP contribution is -2.42. The molecule has 0 radical (unpaired) electrons. The SMILES string of the molecule is C[C@@H]1CC[C@@H](C(C)(C)O)C[C@H]1N.